The van der Waals surface area contributed by atoms with Crippen molar-refractivity contribution in [1.82, 2.24) is 24.9 Å². The Morgan fingerprint density at radius 3 is 2.88 bits per heavy atom. The van der Waals surface area contributed by atoms with Gasteiger partial charge in [-0.3, -0.25) is 28.1 Å². The van der Waals surface area contributed by atoms with E-state index in [9.17, 15) is 18.4 Å². The topological polar surface area (TPSA) is 142 Å². The molecule has 1 N–H and O–H groups in total. The lowest BCUT2D eigenvalue weighted by atomic mass is 9.98. The van der Waals surface area contributed by atoms with Crippen LogP contribution in [0.3, 0.4) is 0 Å². The molecule has 1 atom stereocenters. The average molecular weight is 498 g/mol. The van der Waals surface area contributed by atoms with Crippen molar-refractivity contribution in [2.75, 3.05) is 11.3 Å². The molecule has 2 aromatic carbocycles. The van der Waals surface area contributed by atoms with E-state index < -0.39 is 11.3 Å². The van der Waals surface area contributed by atoms with Gasteiger partial charge in [-0.1, -0.05) is 34.7 Å². The molecule has 0 radical (unpaired) electrons. The second-order valence-corrected chi connectivity index (χ2v) is 9.14. The van der Waals surface area contributed by atoms with Crippen molar-refractivity contribution in [2.24, 2.45) is 0 Å². The van der Waals surface area contributed by atoms with E-state index in [1.54, 1.807) is 47.3 Å². The van der Waals surface area contributed by atoms with Crippen LogP contribution in [-0.2, 0) is 35.6 Å². The van der Waals surface area contributed by atoms with Crippen LogP contribution in [0.4, 0.5) is 5.13 Å². The molecule has 13 heteroatoms. The lowest BCUT2D eigenvalue weighted by molar-refractivity contribution is -0.128. The van der Waals surface area contributed by atoms with Crippen molar-refractivity contribution < 1.29 is 23.1 Å². The number of amides is 2. The quantitative estimate of drug-likeness (QED) is 0.287. The van der Waals surface area contributed by atoms with Gasteiger partial charge >= 0.3 is 0 Å². The Labute approximate surface area is 199 Å². The van der Waals surface area contributed by atoms with Gasteiger partial charge in [-0.2, -0.15) is 0 Å². The number of imide groups is 1. The molecule has 34 heavy (non-hydrogen) atoms. The van der Waals surface area contributed by atoms with Gasteiger partial charge in [-0.05, 0) is 29.8 Å². The summed E-state index contributed by atoms with van der Waals surface area (Å²) < 4.78 is 31.9. The highest BCUT2D eigenvalue weighted by Gasteiger charge is 2.30. The van der Waals surface area contributed by atoms with Crippen molar-refractivity contribution >= 4 is 49.8 Å². The first-order valence-electron chi connectivity index (χ1n) is 10.2. The van der Waals surface area contributed by atoms with Crippen LogP contribution in [0.15, 0.2) is 48.7 Å². The van der Waals surface area contributed by atoms with Gasteiger partial charge in [-0.25, -0.2) is 4.98 Å². The van der Waals surface area contributed by atoms with E-state index in [2.05, 4.69) is 20.0 Å². The Hall–Kier alpha value is -3.68. The summed E-state index contributed by atoms with van der Waals surface area (Å²) in [5.74, 6) is 0.0446. The van der Waals surface area contributed by atoms with E-state index in [4.69, 9.17) is 4.74 Å². The Morgan fingerprint density at radius 1 is 1.18 bits per heavy atom. The molecule has 174 valence electrons. The van der Waals surface area contributed by atoms with Crippen LogP contribution in [0.5, 0.6) is 5.75 Å². The fraction of sp³-hybridized carbons (Fsp3) is 0.190. The third kappa shape index (κ3) is 4.66. The average Bonchev–Trinajstić information content (AvgIpc) is 3.43. The number of nitrogens with one attached hydrogen (secondary N) is 1. The van der Waals surface area contributed by atoms with Gasteiger partial charge in [0.15, 0.2) is 5.13 Å². The predicted molar refractivity (Wildman–Crippen MR) is 123 cm³/mol. The molecule has 2 aromatic heterocycles. The lowest BCUT2D eigenvalue weighted by Gasteiger charge is -2.26. The molecule has 1 aliphatic heterocycles. The molecule has 0 saturated carbocycles. The van der Waals surface area contributed by atoms with Crippen LogP contribution >= 0.6 is 11.3 Å². The molecule has 0 aliphatic carbocycles. The lowest BCUT2D eigenvalue weighted by Crippen LogP contribution is -2.43. The highest BCUT2D eigenvalue weighted by Crippen LogP contribution is 2.29. The smallest absolute Gasteiger partial charge is 0.260 e. The first kappa shape index (κ1) is 22.1. The third-order valence-corrected chi connectivity index (χ3v) is 6.61. The van der Waals surface area contributed by atoms with Crippen LogP contribution in [0.1, 0.15) is 21.6 Å². The van der Waals surface area contributed by atoms with E-state index in [-0.39, 0.29) is 36.5 Å². The number of ether oxygens (including phenoxy) is 1. The molecule has 4 aromatic rings. The van der Waals surface area contributed by atoms with Crippen molar-refractivity contribution in [3.05, 3.63) is 65.5 Å². The second kappa shape index (κ2) is 9.29. The summed E-state index contributed by atoms with van der Waals surface area (Å²) in [5, 5.41) is 8.41. The van der Waals surface area contributed by atoms with E-state index in [0.717, 1.165) is 10.3 Å². The first-order chi connectivity index (χ1) is 16.5. The first-order valence-corrected chi connectivity index (χ1v) is 12.1. The molecule has 1 aliphatic rings. The molecule has 0 fully saturated rings. The Bertz CT molecular complexity index is 1420. The highest BCUT2D eigenvalue weighted by molar-refractivity contribution is 7.80. The number of hydrogen-bond donors (Lipinski definition) is 1. The van der Waals surface area contributed by atoms with E-state index in [1.807, 2.05) is 6.07 Å². The second-order valence-electron chi connectivity index (χ2n) is 7.43. The Morgan fingerprint density at radius 2 is 2.03 bits per heavy atom. The van der Waals surface area contributed by atoms with Crippen LogP contribution in [0.2, 0.25) is 0 Å². The van der Waals surface area contributed by atoms with Gasteiger partial charge in [-0.15, -0.1) is 5.10 Å². The van der Waals surface area contributed by atoms with Crippen LogP contribution in [-0.4, -0.2) is 52.0 Å². The van der Waals surface area contributed by atoms with Crippen LogP contribution in [0.25, 0.3) is 10.2 Å². The number of rotatable bonds is 8. The largest absolute Gasteiger partial charge is 0.755 e. The molecule has 3 heterocycles. The van der Waals surface area contributed by atoms with Crippen molar-refractivity contribution in [3.8, 4) is 5.75 Å². The van der Waals surface area contributed by atoms with Gasteiger partial charge in [0.05, 0.1) is 29.4 Å². The number of aromatic nitrogens is 4. The van der Waals surface area contributed by atoms with Crippen molar-refractivity contribution in [2.45, 2.75) is 19.6 Å². The minimum atomic E-state index is -2.43. The van der Waals surface area contributed by atoms with E-state index >= 15 is 0 Å². The Balaban J connectivity index is 1.18. The maximum atomic E-state index is 12.7. The van der Waals surface area contributed by atoms with Gasteiger partial charge in [0, 0.05) is 23.4 Å². The number of hydrogen-bond acceptors (Lipinski definition) is 9. The Kier molecular flexibility index (Phi) is 6.04. The summed E-state index contributed by atoms with van der Waals surface area (Å²) in [5.41, 5.74) is 2.53. The number of benzene rings is 2. The third-order valence-electron chi connectivity index (χ3n) is 5.19. The standard InChI is InChI=1S/C21H18N6O5S2/c28-19-9-13-3-1-2-4-16(13)20(29)27(19)8-7-26-11-14(23-25-26)12-32-15-5-6-17-18(10-15)33-21(22-17)24-34(30)31/h1-6,10-11H,7-9,12H2,(H,22,24)(H,30,31)/p-1. The van der Waals surface area contributed by atoms with Gasteiger partial charge < -0.3 is 9.29 Å². The van der Waals surface area contributed by atoms with Crippen LogP contribution < -0.4 is 9.46 Å². The summed E-state index contributed by atoms with van der Waals surface area (Å²) in [6, 6.07) is 12.4. The van der Waals surface area contributed by atoms with E-state index in [0.29, 0.717) is 29.1 Å². The molecule has 5 rings (SSSR count). The summed E-state index contributed by atoms with van der Waals surface area (Å²) in [6.07, 6.45) is 1.90. The minimum absolute atomic E-state index is 0.162. The molecule has 11 nitrogen and oxygen atoms in total. The number of thiazole rings is 1. The maximum absolute atomic E-state index is 12.7. The van der Waals surface area contributed by atoms with Crippen LogP contribution in [0, 0.1) is 0 Å². The fourth-order valence-corrected chi connectivity index (χ4v) is 4.91. The maximum Gasteiger partial charge on any atom is 0.260 e. The molecular weight excluding hydrogens is 480 g/mol. The van der Waals surface area contributed by atoms with Gasteiger partial charge in [0.2, 0.25) is 5.91 Å². The summed E-state index contributed by atoms with van der Waals surface area (Å²) >= 11 is -1.24. The molecular formula is C21H17N6O5S2-. The monoisotopic (exact) mass is 497 g/mol. The SMILES string of the molecule is O=C1Cc2ccccc2C(=O)N1CCn1cc(COc2ccc3nc(NS(=O)[O-])sc3c2)nn1. The summed E-state index contributed by atoms with van der Waals surface area (Å²) in [7, 11) is 0. The number of carbonyl (C=O) groups is 2. The zero-order valence-corrected chi connectivity index (χ0v) is 19.2. The van der Waals surface area contributed by atoms with Crippen molar-refractivity contribution in [3.63, 3.8) is 0 Å². The number of fused-ring (bicyclic) bond motifs is 2. The molecule has 0 bridgehead atoms. The highest BCUT2D eigenvalue weighted by atomic mass is 32.2. The summed E-state index contributed by atoms with van der Waals surface area (Å²) in [6.45, 7) is 0.674. The van der Waals surface area contributed by atoms with Gasteiger partial charge in [0.25, 0.3) is 5.91 Å². The zero-order chi connectivity index (χ0) is 23.7. The summed E-state index contributed by atoms with van der Waals surface area (Å²) in [4.78, 5) is 30.5. The minimum Gasteiger partial charge on any atom is -0.755 e. The van der Waals surface area contributed by atoms with E-state index in [1.165, 1.54) is 16.2 Å². The molecule has 1 unspecified atom stereocenters. The normalized spacial score (nSPS) is 14.3. The molecule has 0 spiro atoms. The predicted octanol–water partition coefficient (Wildman–Crippen LogP) is 1.90. The molecule has 0 saturated heterocycles. The fourth-order valence-electron chi connectivity index (χ4n) is 3.61. The van der Waals surface area contributed by atoms with Gasteiger partial charge in [0.1, 0.15) is 18.1 Å². The number of carbonyl (C=O) groups excluding carboxylic acids is 2. The number of nitrogens with zero attached hydrogens (tertiary/aromatic N) is 5. The number of anilines is 1. The zero-order valence-electron chi connectivity index (χ0n) is 17.5. The van der Waals surface area contributed by atoms with Crippen molar-refractivity contribution in [1.29, 1.82) is 0 Å². The molecule has 2 amide bonds.